The second-order valence-corrected chi connectivity index (χ2v) is 8.31. The molecule has 0 aromatic carbocycles. The SMILES string of the molecule is Cc1cc(C)c(Oc2nc(-c3ccnc(C#N)c3)ccc2NS(C)(=O)=O)c(C)n1. The van der Waals surface area contributed by atoms with Crippen molar-refractivity contribution in [2.75, 3.05) is 11.0 Å². The van der Waals surface area contributed by atoms with Crippen molar-refractivity contribution in [2.24, 2.45) is 0 Å². The lowest BCUT2D eigenvalue weighted by Crippen LogP contribution is -2.11. The van der Waals surface area contributed by atoms with Gasteiger partial charge in [-0.2, -0.15) is 5.26 Å². The van der Waals surface area contributed by atoms with Crippen molar-refractivity contribution in [3.8, 4) is 29.0 Å². The van der Waals surface area contributed by atoms with Crippen LogP contribution >= 0.6 is 0 Å². The molecule has 0 aliphatic heterocycles. The van der Waals surface area contributed by atoms with E-state index >= 15 is 0 Å². The Morgan fingerprint density at radius 2 is 1.86 bits per heavy atom. The fraction of sp³-hybridized carbons (Fsp3) is 0.200. The van der Waals surface area contributed by atoms with Gasteiger partial charge >= 0.3 is 0 Å². The lowest BCUT2D eigenvalue weighted by atomic mass is 10.1. The van der Waals surface area contributed by atoms with Gasteiger partial charge in [0.2, 0.25) is 15.9 Å². The molecule has 1 N–H and O–H groups in total. The molecule has 0 aliphatic rings. The van der Waals surface area contributed by atoms with E-state index in [-0.39, 0.29) is 17.3 Å². The average molecular weight is 409 g/mol. The van der Waals surface area contributed by atoms with Crippen LogP contribution in [0.1, 0.15) is 22.6 Å². The molecular formula is C20H19N5O3S. The summed E-state index contributed by atoms with van der Waals surface area (Å²) in [6, 6.07) is 10.4. The summed E-state index contributed by atoms with van der Waals surface area (Å²) < 4.78 is 32.0. The zero-order chi connectivity index (χ0) is 21.2. The molecule has 9 heteroatoms. The zero-order valence-corrected chi connectivity index (χ0v) is 17.2. The van der Waals surface area contributed by atoms with E-state index < -0.39 is 10.0 Å². The summed E-state index contributed by atoms with van der Waals surface area (Å²) in [5, 5.41) is 9.07. The number of aryl methyl sites for hydroxylation is 3. The normalized spacial score (nSPS) is 11.0. The Hall–Kier alpha value is -3.51. The Morgan fingerprint density at radius 3 is 2.52 bits per heavy atom. The Kier molecular flexibility index (Phi) is 5.48. The minimum Gasteiger partial charge on any atom is -0.435 e. The molecule has 0 saturated heterocycles. The van der Waals surface area contributed by atoms with Gasteiger partial charge in [0.25, 0.3) is 0 Å². The number of nitrogens with one attached hydrogen (secondary N) is 1. The maximum absolute atomic E-state index is 11.8. The highest BCUT2D eigenvalue weighted by atomic mass is 32.2. The van der Waals surface area contributed by atoms with Crippen LogP contribution in [0.4, 0.5) is 5.69 Å². The largest absolute Gasteiger partial charge is 0.435 e. The topological polar surface area (TPSA) is 118 Å². The van der Waals surface area contributed by atoms with Crippen LogP contribution in [0, 0.1) is 32.1 Å². The van der Waals surface area contributed by atoms with Crippen molar-refractivity contribution in [2.45, 2.75) is 20.8 Å². The van der Waals surface area contributed by atoms with Crippen LogP contribution in [0.15, 0.2) is 36.5 Å². The second kappa shape index (κ2) is 7.85. The number of hydrogen-bond donors (Lipinski definition) is 1. The molecule has 8 nitrogen and oxygen atoms in total. The van der Waals surface area contributed by atoms with Crippen LogP contribution in [0.3, 0.4) is 0 Å². The number of anilines is 1. The van der Waals surface area contributed by atoms with E-state index in [0.29, 0.717) is 22.7 Å². The van der Waals surface area contributed by atoms with Gasteiger partial charge in [-0.05, 0) is 56.7 Å². The van der Waals surface area contributed by atoms with E-state index in [0.717, 1.165) is 17.5 Å². The summed E-state index contributed by atoms with van der Waals surface area (Å²) in [5.74, 6) is 0.587. The van der Waals surface area contributed by atoms with E-state index in [1.807, 2.05) is 32.9 Å². The number of rotatable bonds is 5. The third kappa shape index (κ3) is 4.86. The molecular weight excluding hydrogens is 390 g/mol. The molecule has 0 fully saturated rings. The standard InChI is InChI=1S/C20H19N5O3S/c1-12-9-13(2)23-14(3)19(12)28-20-18(25-29(4,26)27)6-5-17(24-20)15-7-8-22-16(10-15)11-21/h5-10,25H,1-4H3. The van der Waals surface area contributed by atoms with Gasteiger partial charge in [0.05, 0.1) is 17.6 Å². The first kappa shape index (κ1) is 20.2. The monoisotopic (exact) mass is 409 g/mol. The zero-order valence-electron chi connectivity index (χ0n) is 16.4. The Bertz CT molecular complexity index is 1210. The van der Waals surface area contributed by atoms with Crippen LogP contribution < -0.4 is 9.46 Å². The van der Waals surface area contributed by atoms with Crippen molar-refractivity contribution >= 4 is 15.7 Å². The maximum Gasteiger partial charge on any atom is 0.244 e. The number of pyridine rings is 3. The molecule has 0 atom stereocenters. The van der Waals surface area contributed by atoms with Gasteiger partial charge in [-0.1, -0.05) is 0 Å². The first-order valence-corrected chi connectivity index (χ1v) is 10.5. The second-order valence-electron chi connectivity index (χ2n) is 6.56. The van der Waals surface area contributed by atoms with Crippen molar-refractivity contribution in [1.29, 1.82) is 5.26 Å². The first-order chi connectivity index (χ1) is 13.7. The van der Waals surface area contributed by atoms with Gasteiger partial charge in [-0.25, -0.2) is 18.4 Å². The van der Waals surface area contributed by atoms with Crippen molar-refractivity contribution in [1.82, 2.24) is 15.0 Å². The summed E-state index contributed by atoms with van der Waals surface area (Å²) in [7, 11) is -3.55. The third-order valence-electron chi connectivity index (χ3n) is 3.98. The molecule has 148 valence electrons. The molecule has 0 unspecified atom stereocenters. The molecule has 3 heterocycles. The number of sulfonamides is 1. The number of nitrogens with zero attached hydrogens (tertiary/aromatic N) is 4. The van der Waals surface area contributed by atoms with Gasteiger partial charge in [0, 0.05) is 17.5 Å². The molecule has 0 radical (unpaired) electrons. The molecule has 0 amide bonds. The van der Waals surface area contributed by atoms with Gasteiger partial charge in [0.15, 0.2) is 5.75 Å². The summed E-state index contributed by atoms with van der Waals surface area (Å²) >= 11 is 0. The molecule has 0 spiro atoms. The van der Waals surface area contributed by atoms with Crippen molar-refractivity contribution < 1.29 is 13.2 Å². The predicted octanol–water partition coefficient (Wildman–Crippen LogP) is 3.50. The fourth-order valence-corrected chi connectivity index (χ4v) is 3.43. The molecule has 3 aromatic heterocycles. The molecule has 29 heavy (non-hydrogen) atoms. The number of hydrogen-bond acceptors (Lipinski definition) is 7. The fourth-order valence-electron chi connectivity index (χ4n) is 2.87. The highest BCUT2D eigenvalue weighted by molar-refractivity contribution is 7.92. The van der Waals surface area contributed by atoms with E-state index in [1.54, 1.807) is 24.3 Å². The summed E-state index contributed by atoms with van der Waals surface area (Å²) in [4.78, 5) is 12.8. The maximum atomic E-state index is 11.8. The van der Waals surface area contributed by atoms with Gasteiger partial charge in [-0.15, -0.1) is 0 Å². The Labute approximate surface area is 169 Å². The summed E-state index contributed by atoms with van der Waals surface area (Å²) in [5.41, 5.74) is 3.98. The molecule has 3 aromatic rings. The number of aromatic nitrogens is 3. The lowest BCUT2D eigenvalue weighted by Gasteiger charge is -2.15. The molecule has 3 rings (SSSR count). The van der Waals surface area contributed by atoms with Crippen LogP contribution in [0.5, 0.6) is 11.6 Å². The van der Waals surface area contributed by atoms with Crippen LogP contribution in [-0.4, -0.2) is 29.6 Å². The number of ether oxygens (including phenoxy) is 1. The highest BCUT2D eigenvalue weighted by Gasteiger charge is 2.16. The number of nitriles is 1. The van der Waals surface area contributed by atoms with Crippen LogP contribution in [0.25, 0.3) is 11.3 Å². The van der Waals surface area contributed by atoms with Crippen LogP contribution in [-0.2, 0) is 10.0 Å². The Morgan fingerprint density at radius 1 is 1.10 bits per heavy atom. The molecule has 0 aliphatic carbocycles. The molecule has 0 saturated carbocycles. The predicted molar refractivity (Wildman–Crippen MR) is 109 cm³/mol. The van der Waals surface area contributed by atoms with Gasteiger partial charge < -0.3 is 4.74 Å². The van der Waals surface area contributed by atoms with Gasteiger partial charge in [-0.3, -0.25) is 9.71 Å². The van der Waals surface area contributed by atoms with Crippen molar-refractivity contribution in [3.05, 3.63) is 59.2 Å². The molecule has 0 bridgehead atoms. The van der Waals surface area contributed by atoms with Crippen molar-refractivity contribution in [3.63, 3.8) is 0 Å². The highest BCUT2D eigenvalue weighted by Crippen LogP contribution is 2.34. The van der Waals surface area contributed by atoms with E-state index in [4.69, 9.17) is 10.00 Å². The Balaban J connectivity index is 2.12. The summed E-state index contributed by atoms with van der Waals surface area (Å²) in [6.45, 7) is 5.58. The first-order valence-electron chi connectivity index (χ1n) is 8.64. The van der Waals surface area contributed by atoms with E-state index in [1.165, 1.54) is 6.20 Å². The quantitative estimate of drug-likeness (QED) is 0.685. The minimum atomic E-state index is -3.55. The third-order valence-corrected chi connectivity index (χ3v) is 4.57. The lowest BCUT2D eigenvalue weighted by molar-refractivity contribution is 0.455. The smallest absolute Gasteiger partial charge is 0.244 e. The summed E-state index contributed by atoms with van der Waals surface area (Å²) in [6.07, 6.45) is 2.56. The van der Waals surface area contributed by atoms with E-state index in [9.17, 15) is 8.42 Å². The van der Waals surface area contributed by atoms with Gasteiger partial charge in [0.1, 0.15) is 17.5 Å². The van der Waals surface area contributed by atoms with Crippen LogP contribution in [0.2, 0.25) is 0 Å². The minimum absolute atomic E-state index is 0.0834. The van der Waals surface area contributed by atoms with E-state index in [2.05, 4.69) is 19.7 Å². The average Bonchev–Trinajstić information content (AvgIpc) is 2.64.